The summed E-state index contributed by atoms with van der Waals surface area (Å²) in [4.78, 5) is 27.4. The Labute approximate surface area is 415 Å². The summed E-state index contributed by atoms with van der Waals surface area (Å²) in [7, 11) is 0. The Morgan fingerprint density at radius 3 is 1.23 bits per heavy atom. The van der Waals surface area contributed by atoms with Crippen LogP contribution in [0.1, 0.15) is 113 Å². The lowest BCUT2D eigenvalue weighted by Gasteiger charge is -2.32. The summed E-state index contributed by atoms with van der Waals surface area (Å²) in [6.07, 6.45) is -18.1. The third-order valence-corrected chi connectivity index (χ3v) is 14.6. The van der Waals surface area contributed by atoms with Gasteiger partial charge in [0.2, 0.25) is 0 Å². The normalized spacial score (nSPS) is 22.5. The predicted octanol–water partition coefficient (Wildman–Crippen LogP) is 14.2. The molecular formula is C53H60F12N2O6. The number of nitrogens with zero attached hydrogens (tertiary/aromatic N) is 2. The van der Waals surface area contributed by atoms with Crippen LogP contribution in [0.3, 0.4) is 0 Å². The first kappa shape index (κ1) is 55.8. The van der Waals surface area contributed by atoms with Gasteiger partial charge in [-0.15, -0.1) is 0 Å². The molecule has 0 unspecified atom stereocenters. The number of benzene rings is 4. The van der Waals surface area contributed by atoms with Crippen LogP contribution in [0.2, 0.25) is 0 Å². The number of carboxylic acid groups (broad SMARTS) is 1. The maximum Gasteiger partial charge on any atom is 0.420 e. The van der Waals surface area contributed by atoms with Crippen LogP contribution in [-0.2, 0) is 39.8 Å². The third kappa shape index (κ3) is 14.2. The van der Waals surface area contributed by atoms with Gasteiger partial charge in [-0.1, -0.05) is 48.5 Å². The van der Waals surface area contributed by atoms with E-state index in [1.165, 1.54) is 12.1 Å². The van der Waals surface area contributed by atoms with E-state index in [1.54, 1.807) is 62.4 Å². The Balaban J connectivity index is 0.000000214. The Morgan fingerprint density at radius 2 is 0.904 bits per heavy atom. The number of hydrogen-bond donors (Lipinski definition) is 1. The first-order valence-corrected chi connectivity index (χ1v) is 24.8. The summed E-state index contributed by atoms with van der Waals surface area (Å²) in [6.45, 7) is 6.11. The van der Waals surface area contributed by atoms with Gasteiger partial charge in [-0.25, -0.2) is 0 Å². The summed E-state index contributed by atoms with van der Waals surface area (Å²) in [5.41, 5.74) is -0.859. The van der Waals surface area contributed by atoms with E-state index in [9.17, 15) is 67.4 Å². The summed E-state index contributed by atoms with van der Waals surface area (Å²) >= 11 is 0. The lowest BCUT2D eigenvalue weighted by Crippen LogP contribution is -2.37. The molecule has 8 nitrogen and oxygen atoms in total. The maximum absolute atomic E-state index is 14.5. The second-order valence-electron chi connectivity index (χ2n) is 20.1. The van der Waals surface area contributed by atoms with Gasteiger partial charge in [-0.2, -0.15) is 52.7 Å². The molecule has 4 aromatic rings. The molecule has 0 bridgehead atoms. The molecule has 0 spiro atoms. The van der Waals surface area contributed by atoms with Crippen molar-refractivity contribution in [2.45, 2.75) is 147 Å². The standard InChI is InChI=1S/C28H33F6NO3.C25H27F6NO3/c1-17(2)37-26(36)19-12-14-35(15-13-19)16-20-5-3-4-18-6-11-23(25(24(18)20)28(32,33)34)38-22-9-7-21(8-10-22)27(29,30)31;26-24(27,28)18-5-7-19(8-6-18)35-20-9-4-15-2-1-3-17(21(15)22(20)25(29,30)31)14-32-12-10-16(11-13-32)23(33)34/h3-6,11,17,19,21-22H,7-10,12-16H2,1-2H3;1-4,9,16,18-19H,5-8,10-14H2,(H,33,34). The minimum atomic E-state index is -4.73. The number of esters is 1. The summed E-state index contributed by atoms with van der Waals surface area (Å²) < 4.78 is 181. The van der Waals surface area contributed by atoms with E-state index in [2.05, 4.69) is 0 Å². The first-order valence-electron chi connectivity index (χ1n) is 24.8. The van der Waals surface area contributed by atoms with E-state index in [0.29, 0.717) is 73.8 Å². The van der Waals surface area contributed by atoms with Crippen molar-refractivity contribution in [2.75, 3.05) is 26.2 Å². The molecule has 8 rings (SSSR count). The fourth-order valence-electron chi connectivity index (χ4n) is 10.7. The summed E-state index contributed by atoms with van der Waals surface area (Å²) in [6, 6.07) is 15.5. The highest BCUT2D eigenvalue weighted by atomic mass is 19.4. The molecule has 2 saturated carbocycles. The molecule has 0 aromatic heterocycles. The average Bonchev–Trinajstić information content (AvgIpc) is 3.31. The van der Waals surface area contributed by atoms with Gasteiger partial charge in [0.25, 0.3) is 0 Å². The number of carbonyl (C=O) groups excluding carboxylic acids is 1. The number of aliphatic carboxylic acids is 1. The van der Waals surface area contributed by atoms with E-state index in [-0.39, 0.29) is 105 Å². The molecule has 20 heteroatoms. The van der Waals surface area contributed by atoms with E-state index < -0.39 is 71.8 Å². The number of carboxylic acids is 1. The van der Waals surface area contributed by atoms with Crippen molar-refractivity contribution in [2.24, 2.45) is 23.7 Å². The van der Waals surface area contributed by atoms with Crippen molar-refractivity contribution in [1.82, 2.24) is 9.80 Å². The average molecular weight is 1050 g/mol. The van der Waals surface area contributed by atoms with E-state index in [0.717, 1.165) is 0 Å². The van der Waals surface area contributed by atoms with Crippen molar-refractivity contribution in [3.05, 3.63) is 82.9 Å². The number of hydrogen-bond acceptors (Lipinski definition) is 7. The van der Waals surface area contributed by atoms with Crippen LogP contribution in [0.4, 0.5) is 52.7 Å². The van der Waals surface area contributed by atoms with Crippen LogP contribution < -0.4 is 9.47 Å². The van der Waals surface area contributed by atoms with Gasteiger partial charge in [0.15, 0.2) is 0 Å². The molecular weight excluding hydrogens is 989 g/mol. The number of alkyl halides is 12. The van der Waals surface area contributed by atoms with Gasteiger partial charge < -0.3 is 19.3 Å². The number of fused-ring (bicyclic) bond motifs is 2. The Bertz CT molecular complexity index is 2510. The van der Waals surface area contributed by atoms with Crippen molar-refractivity contribution in [1.29, 1.82) is 0 Å². The molecule has 0 amide bonds. The summed E-state index contributed by atoms with van der Waals surface area (Å²) in [5.74, 6) is -5.37. The molecule has 2 aliphatic heterocycles. The molecule has 0 radical (unpaired) electrons. The number of rotatable bonds is 11. The fraction of sp³-hybridized carbons (Fsp3) is 0.585. The number of carbonyl (C=O) groups is 2. The molecule has 2 saturated heterocycles. The van der Waals surface area contributed by atoms with Crippen LogP contribution in [0, 0.1) is 23.7 Å². The topological polar surface area (TPSA) is 88.5 Å². The van der Waals surface area contributed by atoms with Crippen LogP contribution in [0.5, 0.6) is 11.5 Å². The number of likely N-dealkylation sites (tertiary alicyclic amines) is 2. The van der Waals surface area contributed by atoms with E-state index in [1.807, 2.05) is 9.80 Å². The van der Waals surface area contributed by atoms with Crippen molar-refractivity contribution in [3.8, 4) is 11.5 Å². The van der Waals surface area contributed by atoms with Gasteiger partial charge in [-0.3, -0.25) is 19.4 Å². The Hall–Kier alpha value is -4.98. The van der Waals surface area contributed by atoms with Gasteiger partial charge in [0.1, 0.15) is 22.6 Å². The minimum absolute atomic E-state index is 0.0156. The van der Waals surface area contributed by atoms with Crippen molar-refractivity contribution in [3.63, 3.8) is 0 Å². The monoisotopic (exact) mass is 1050 g/mol. The van der Waals surface area contributed by atoms with Gasteiger partial charge in [0, 0.05) is 23.9 Å². The highest BCUT2D eigenvalue weighted by molar-refractivity contribution is 5.92. The Kier molecular flexibility index (Phi) is 17.5. The number of halogens is 12. The number of piperidine rings is 2. The molecule has 4 fully saturated rings. The highest BCUT2D eigenvalue weighted by Crippen LogP contribution is 2.47. The maximum atomic E-state index is 14.5. The van der Waals surface area contributed by atoms with Crippen LogP contribution >= 0.6 is 0 Å². The van der Waals surface area contributed by atoms with Gasteiger partial charge in [-0.05, 0) is 151 Å². The molecule has 4 aromatic carbocycles. The second-order valence-corrected chi connectivity index (χ2v) is 20.1. The highest BCUT2D eigenvalue weighted by Gasteiger charge is 2.45. The molecule has 2 aliphatic carbocycles. The zero-order valence-corrected chi connectivity index (χ0v) is 40.5. The summed E-state index contributed by atoms with van der Waals surface area (Å²) in [5, 5.41) is 10.1. The first-order chi connectivity index (χ1) is 34.3. The molecule has 1 N–H and O–H groups in total. The molecule has 4 aliphatic rings. The molecule has 402 valence electrons. The molecule has 2 heterocycles. The third-order valence-electron chi connectivity index (χ3n) is 14.6. The minimum Gasteiger partial charge on any atom is -0.490 e. The SMILES string of the molecule is CC(C)OC(=O)C1CCN(Cc2cccc3ccc(OC4CCC(C(F)(F)F)CC4)c(C(F)(F)F)c23)CC1.O=C(O)C1CCN(Cc2cccc3ccc(OC4CCC(C(F)(F)F)CC4)c(C(F)(F)F)c23)CC1. The lowest BCUT2D eigenvalue weighted by molar-refractivity contribution is -0.186. The zero-order valence-electron chi connectivity index (χ0n) is 40.5. The molecule has 73 heavy (non-hydrogen) atoms. The number of ether oxygens (including phenoxy) is 3. The van der Waals surface area contributed by atoms with E-state index >= 15 is 0 Å². The van der Waals surface area contributed by atoms with E-state index in [4.69, 9.17) is 14.2 Å². The fourth-order valence-corrected chi connectivity index (χ4v) is 10.7. The quantitative estimate of drug-likeness (QED) is 0.117. The zero-order chi connectivity index (χ0) is 53.0. The largest absolute Gasteiger partial charge is 0.490 e. The van der Waals surface area contributed by atoms with Crippen LogP contribution in [0.15, 0.2) is 60.7 Å². The van der Waals surface area contributed by atoms with Crippen LogP contribution in [0.25, 0.3) is 21.5 Å². The van der Waals surface area contributed by atoms with Gasteiger partial charge in [0.05, 0.1) is 42.0 Å². The van der Waals surface area contributed by atoms with Crippen LogP contribution in [-0.4, -0.2) is 83.7 Å². The molecule has 0 atom stereocenters. The smallest absolute Gasteiger partial charge is 0.420 e. The van der Waals surface area contributed by atoms with Gasteiger partial charge >= 0.3 is 36.6 Å². The second kappa shape index (κ2) is 22.9. The Morgan fingerprint density at radius 1 is 0.534 bits per heavy atom. The lowest BCUT2D eigenvalue weighted by atomic mass is 9.87. The van der Waals surface area contributed by atoms with Crippen molar-refractivity contribution < 1.29 is 81.6 Å². The predicted molar refractivity (Wildman–Crippen MR) is 248 cm³/mol. The van der Waals surface area contributed by atoms with Crippen molar-refractivity contribution >= 4 is 33.5 Å².